The molecule has 1 aromatic heterocycles. The van der Waals surface area contributed by atoms with Gasteiger partial charge in [-0.3, -0.25) is 34.3 Å². The monoisotopic (exact) mass is 591 g/mol. The van der Waals surface area contributed by atoms with Crippen molar-refractivity contribution in [3.63, 3.8) is 0 Å². The lowest BCUT2D eigenvalue weighted by molar-refractivity contribution is -0.385. The van der Waals surface area contributed by atoms with Gasteiger partial charge in [0, 0.05) is 65.6 Å². The molecule has 1 fully saturated rings. The van der Waals surface area contributed by atoms with Crippen LogP contribution >= 0.6 is 36.4 Å². The van der Waals surface area contributed by atoms with Crippen LogP contribution in [0.1, 0.15) is 18.1 Å². The largest absolute Gasteiger partial charge is 0.530 e. The van der Waals surface area contributed by atoms with E-state index in [2.05, 4.69) is 9.51 Å². The molecule has 17 heteroatoms. The van der Waals surface area contributed by atoms with Crippen LogP contribution in [-0.2, 0) is 18.2 Å². The highest BCUT2D eigenvalue weighted by atomic mass is 35.9. The summed E-state index contributed by atoms with van der Waals surface area (Å²) < 4.78 is 43.9. The van der Waals surface area contributed by atoms with Crippen molar-refractivity contribution in [2.45, 2.75) is 12.5 Å². The fourth-order valence-corrected chi connectivity index (χ4v) is 5.12. The number of halogens is 2. The number of hydrogen-bond acceptors (Lipinski definition) is 11. The quantitative estimate of drug-likeness (QED) is 0.154. The summed E-state index contributed by atoms with van der Waals surface area (Å²) >= 11 is 10.3. The molecule has 2 heterocycles. The van der Waals surface area contributed by atoms with E-state index in [9.17, 15) is 29.4 Å². The van der Waals surface area contributed by atoms with Gasteiger partial charge in [0.05, 0.1) is 22.6 Å². The molecule has 4 rings (SSSR count). The molecule has 2 aromatic carbocycles. The Kier molecular flexibility index (Phi) is 9.61. The second-order valence-electron chi connectivity index (χ2n) is 7.04. The van der Waals surface area contributed by atoms with E-state index < -0.39 is 29.8 Å². The molecule has 1 saturated heterocycles. The second-order valence-corrected chi connectivity index (χ2v) is 12.8. The Morgan fingerprint density at radius 1 is 0.919 bits per heavy atom. The standard InChI is InChI=1S/C14H13N2O6P.C6H4Cl2NO4P/c17-16(18)12-1-3-13(4-2-12)21-23(19)20-10-7-14(22-23)11-5-8-15-9-6-11;7-14(8,12)13-6-3-1-5(2-4-6)9(10)11/h1-6,8-9,14H,7,10H2;1-4H/t14-,23-;/m0./s1. The van der Waals surface area contributed by atoms with E-state index in [0.717, 1.165) is 5.56 Å². The van der Waals surface area contributed by atoms with Crippen LogP contribution in [0.2, 0.25) is 0 Å². The van der Waals surface area contributed by atoms with E-state index >= 15 is 0 Å². The van der Waals surface area contributed by atoms with E-state index in [1.165, 1.54) is 48.5 Å². The van der Waals surface area contributed by atoms with Gasteiger partial charge in [0.25, 0.3) is 11.4 Å². The second kappa shape index (κ2) is 12.5. The molecule has 1 aliphatic heterocycles. The lowest BCUT2D eigenvalue weighted by atomic mass is 10.1. The van der Waals surface area contributed by atoms with Gasteiger partial charge < -0.3 is 9.05 Å². The SMILES string of the molecule is O=[N+]([O-])c1ccc(OP(=O)(Cl)Cl)cc1.O=[N+]([O-])c1ccc(O[P@]2(=O)OCC[C@@H](c3ccncc3)O2)cc1. The molecule has 0 N–H and O–H groups in total. The minimum atomic E-state index is -3.79. The average Bonchev–Trinajstić information content (AvgIpc) is 2.84. The first-order valence-electron chi connectivity index (χ1n) is 10.1. The Morgan fingerprint density at radius 2 is 1.43 bits per heavy atom. The van der Waals surface area contributed by atoms with Crippen molar-refractivity contribution in [3.8, 4) is 11.5 Å². The molecule has 13 nitrogen and oxygen atoms in total. The van der Waals surface area contributed by atoms with Gasteiger partial charge in [-0.2, -0.15) is 0 Å². The first-order chi connectivity index (χ1) is 17.4. The number of hydrogen-bond donors (Lipinski definition) is 0. The number of phosphoric acid groups is 1. The first-order valence-corrected chi connectivity index (χ1v) is 15.0. The minimum absolute atomic E-state index is 0.0872. The number of pyridine rings is 1. The summed E-state index contributed by atoms with van der Waals surface area (Å²) in [7, 11) is -3.79. The van der Waals surface area contributed by atoms with Gasteiger partial charge in [0.1, 0.15) is 11.5 Å². The molecule has 1 aliphatic rings. The van der Waals surface area contributed by atoms with Crippen LogP contribution in [-0.4, -0.2) is 21.4 Å². The number of nitro groups is 2. The third-order valence-electron chi connectivity index (χ3n) is 4.49. The first kappa shape index (κ1) is 28.5. The van der Waals surface area contributed by atoms with E-state index in [-0.39, 0.29) is 29.5 Å². The van der Waals surface area contributed by atoms with Gasteiger partial charge in [-0.25, -0.2) is 9.13 Å². The lowest BCUT2D eigenvalue weighted by Gasteiger charge is -2.28. The van der Waals surface area contributed by atoms with Crippen molar-refractivity contribution in [1.29, 1.82) is 0 Å². The molecular formula is C20H17Cl2N3O10P2. The maximum absolute atomic E-state index is 12.6. The molecule has 0 amide bonds. The molecule has 0 radical (unpaired) electrons. The van der Waals surface area contributed by atoms with Crippen LogP contribution in [0.15, 0.2) is 73.1 Å². The highest BCUT2D eigenvalue weighted by Gasteiger charge is 2.37. The molecule has 2 atom stereocenters. The van der Waals surface area contributed by atoms with Crippen LogP contribution in [0.3, 0.4) is 0 Å². The van der Waals surface area contributed by atoms with E-state index in [0.29, 0.717) is 6.42 Å². The Hall–Kier alpha value is -3.05. The van der Waals surface area contributed by atoms with Gasteiger partial charge in [0.15, 0.2) is 0 Å². The Morgan fingerprint density at radius 3 is 1.92 bits per heavy atom. The zero-order valence-electron chi connectivity index (χ0n) is 18.5. The molecule has 0 unspecified atom stereocenters. The van der Waals surface area contributed by atoms with Crippen LogP contribution < -0.4 is 9.05 Å². The van der Waals surface area contributed by atoms with Crippen molar-refractivity contribution in [3.05, 3.63) is 98.8 Å². The maximum Gasteiger partial charge on any atom is 0.530 e. The fourth-order valence-electron chi connectivity index (χ4n) is 2.87. The molecule has 196 valence electrons. The van der Waals surface area contributed by atoms with Crippen LogP contribution in [0.25, 0.3) is 0 Å². The van der Waals surface area contributed by atoms with Crippen molar-refractivity contribution in [1.82, 2.24) is 4.98 Å². The van der Waals surface area contributed by atoms with E-state index in [4.69, 9.17) is 36.1 Å². The number of phosphoric ester groups is 1. The third kappa shape index (κ3) is 9.08. The van der Waals surface area contributed by atoms with Crippen LogP contribution in [0.4, 0.5) is 11.4 Å². The third-order valence-corrected chi connectivity index (χ3v) is 6.77. The van der Waals surface area contributed by atoms with Gasteiger partial charge in [0.2, 0.25) is 0 Å². The number of non-ortho nitro benzene ring substituents is 2. The predicted octanol–water partition coefficient (Wildman–Crippen LogP) is 7.21. The Bertz CT molecular complexity index is 1320. The summed E-state index contributed by atoms with van der Waals surface area (Å²) in [6, 6.07) is 13.7. The zero-order valence-corrected chi connectivity index (χ0v) is 21.8. The normalized spacial score (nSPS) is 19.1. The Balaban J connectivity index is 0.000000233. The summed E-state index contributed by atoms with van der Waals surface area (Å²) in [5.41, 5.74) is 0.642. The van der Waals surface area contributed by atoms with Crippen molar-refractivity contribution in [2.24, 2.45) is 0 Å². The van der Waals surface area contributed by atoms with Gasteiger partial charge in [-0.15, -0.1) is 0 Å². The smallest absolute Gasteiger partial charge is 0.422 e. The van der Waals surface area contributed by atoms with Crippen molar-refractivity contribution < 1.29 is 37.1 Å². The van der Waals surface area contributed by atoms with E-state index in [1.54, 1.807) is 24.5 Å². The summed E-state index contributed by atoms with van der Waals surface area (Å²) in [5, 5.41) is 20.9. The molecule has 0 spiro atoms. The summed E-state index contributed by atoms with van der Waals surface area (Å²) in [5.74, 6) is 0.290. The summed E-state index contributed by atoms with van der Waals surface area (Å²) in [6.45, 7) is 0.219. The molecule has 37 heavy (non-hydrogen) atoms. The van der Waals surface area contributed by atoms with Crippen molar-refractivity contribution in [2.75, 3.05) is 6.61 Å². The molecule has 0 saturated carbocycles. The predicted molar refractivity (Wildman–Crippen MR) is 133 cm³/mol. The topological polar surface area (TPSA) is 170 Å². The van der Waals surface area contributed by atoms with Gasteiger partial charge >= 0.3 is 13.9 Å². The number of aromatic nitrogens is 1. The van der Waals surface area contributed by atoms with Gasteiger partial charge in [-0.05, 0) is 42.0 Å². The van der Waals surface area contributed by atoms with Crippen LogP contribution in [0, 0.1) is 20.2 Å². The zero-order chi connectivity index (χ0) is 27.1. The maximum atomic E-state index is 12.6. The highest BCUT2D eigenvalue weighted by molar-refractivity contribution is 8.05. The number of nitro benzene ring substituents is 2. The van der Waals surface area contributed by atoms with E-state index in [1.807, 2.05) is 0 Å². The summed E-state index contributed by atoms with van der Waals surface area (Å²) in [6.07, 6.45) is -0.291. The fraction of sp³-hybridized carbons (Fsp3) is 0.150. The molecular weight excluding hydrogens is 575 g/mol. The number of nitrogens with zero attached hydrogens (tertiary/aromatic N) is 3. The number of rotatable bonds is 7. The van der Waals surface area contributed by atoms with Crippen LogP contribution in [0.5, 0.6) is 11.5 Å². The number of benzene rings is 2. The molecule has 0 bridgehead atoms. The Labute approximate surface area is 219 Å². The highest BCUT2D eigenvalue weighted by Crippen LogP contribution is 2.57. The molecule has 0 aliphatic carbocycles. The van der Waals surface area contributed by atoms with Gasteiger partial charge in [-0.1, -0.05) is 0 Å². The summed E-state index contributed by atoms with van der Waals surface area (Å²) in [4.78, 5) is 23.7. The molecule has 3 aromatic rings. The average molecular weight is 592 g/mol. The van der Waals surface area contributed by atoms with Crippen molar-refractivity contribution >= 4 is 47.8 Å². The lowest BCUT2D eigenvalue weighted by Crippen LogP contribution is -2.16. The minimum Gasteiger partial charge on any atom is -0.422 e.